The van der Waals surface area contributed by atoms with Gasteiger partial charge in [0.2, 0.25) is 17.3 Å². The highest BCUT2D eigenvalue weighted by Gasteiger charge is 2.36. The Morgan fingerprint density at radius 2 is 0.781 bits per heavy atom. The highest BCUT2D eigenvalue weighted by molar-refractivity contribution is 9.11. The second kappa shape index (κ2) is 42.7. The second-order valence-corrected chi connectivity index (χ2v) is 47.9. The van der Waals surface area contributed by atoms with Gasteiger partial charge in [-0.2, -0.15) is 28.8 Å². The van der Waals surface area contributed by atoms with E-state index in [0.717, 1.165) is 118 Å². The largest absolute Gasteiger partial charge is 0.475 e. The van der Waals surface area contributed by atoms with Crippen LogP contribution >= 0.6 is 47.8 Å². The number of anilines is 3. The number of nitrogens with zero attached hydrogens (tertiary/aromatic N) is 13. The number of carboxylic acids is 1. The third-order valence-electron chi connectivity index (χ3n) is 22.8. The van der Waals surface area contributed by atoms with Crippen LogP contribution in [0.3, 0.4) is 0 Å². The maximum atomic E-state index is 12.8. The van der Waals surface area contributed by atoms with Crippen LogP contribution < -0.4 is 16.4 Å². The maximum Gasteiger partial charge on any atom is 0.374 e. The molecule has 9 aromatic heterocycles. The lowest BCUT2D eigenvalue weighted by molar-refractivity contribution is -0.151. The van der Waals surface area contributed by atoms with Gasteiger partial charge < -0.3 is 49.9 Å². The molecule has 3 aromatic carbocycles. The number of halogens is 3. The van der Waals surface area contributed by atoms with Crippen LogP contribution in [0.15, 0.2) is 201 Å². The summed E-state index contributed by atoms with van der Waals surface area (Å²) in [5.41, 5.74) is 29.9. The Morgan fingerprint density at radius 1 is 0.445 bits per heavy atom. The molecular formula is C95H106Br3N15O13Si2. The summed E-state index contributed by atoms with van der Waals surface area (Å²) in [6.45, 7) is 22.5. The summed E-state index contributed by atoms with van der Waals surface area (Å²) in [6.07, 6.45) is 18.3. The number of nitrogens with two attached hydrogens (primary N) is 2. The van der Waals surface area contributed by atoms with Crippen LogP contribution in [0.25, 0.3) is 84.1 Å². The number of hydrogen-bond acceptors (Lipinski definition) is 24. The molecule has 0 unspecified atom stereocenters. The zero-order valence-electron chi connectivity index (χ0n) is 73.5. The van der Waals surface area contributed by atoms with Crippen LogP contribution in [0.4, 0.5) is 17.5 Å². The number of nitrogen functional groups attached to an aromatic ring is 2. The number of benzene rings is 3. The third-order valence-corrected chi connectivity index (χ3v) is 28.6. The number of Topliss-reactive ketones (excluding diaryl/α,β-unsaturated/α-hetero) is 1. The molecule has 28 nitrogen and oxygen atoms in total. The monoisotopic (exact) mass is 1960 g/mol. The minimum absolute atomic E-state index is 0.00863. The van der Waals surface area contributed by atoms with Gasteiger partial charge in [0.05, 0.1) is 79.4 Å². The predicted octanol–water partition coefficient (Wildman–Crippen LogP) is 20.3. The molecule has 3 aliphatic rings. The van der Waals surface area contributed by atoms with E-state index in [2.05, 4.69) is 118 Å². The lowest BCUT2D eigenvalue weighted by Gasteiger charge is -2.30. The van der Waals surface area contributed by atoms with E-state index in [1.165, 1.54) is 13.8 Å². The smallest absolute Gasteiger partial charge is 0.374 e. The summed E-state index contributed by atoms with van der Waals surface area (Å²) in [7, 11) is -2.63. The molecule has 5 N–H and O–H groups in total. The molecule has 0 radical (unpaired) electrons. The van der Waals surface area contributed by atoms with Crippen molar-refractivity contribution in [2.45, 2.75) is 174 Å². The Morgan fingerprint density at radius 3 is 1.10 bits per heavy atom. The van der Waals surface area contributed by atoms with E-state index in [0.29, 0.717) is 141 Å². The Labute approximate surface area is 770 Å². The Balaban J connectivity index is 0.000000170. The molecule has 3 saturated carbocycles. The summed E-state index contributed by atoms with van der Waals surface area (Å²) < 4.78 is 41.1. The van der Waals surface area contributed by atoms with Crippen molar-refractivity contribution in [2.75, 3.05) is 56.3 Å². The molecule has 0 amide bonds. The molecule has 0 spiro atoms. The average molecular weight is 1960 g/mol. The fraction of sp³-hybridized carbons (Fsp3) is 0.358. The average Bonchev–Trinajstić information content (AvgIpc) is 1.44. The van der Waals surface area contributed by atoms with Crippen LogP contribution in [0.2, 0.25) is 51.4 Å². The number of pyridine rings is 3. The van der Waals surface area contributed by atoms with Gasteiger partial charge in [-0.05, 0) is 180 Å². The van der Waals surface area contributed by atoms with Crippen LogP contribution in [-0.4, -0.2) is 156 Å². The minimum Gasteiger partial charge on any atom is -0.475 e. The van der Waals surface area contributed by atoms with E-state index in [9.17, 15) is 28.8 Å². The zero-order chi connectivity index (χ0) is 91.1. The molecule has 668 valence electrons. The molecule has 0 saturated heterocycles. The third kappa shape index (κ3) is 23.0. The summed E-state index contributed by atoms with van der Waals surface area (Å²) in [4.78, 5) is 103. The van der Waals surface area contributed by atoms with E-state index < -0.39 is 57.7 Å². The molecule has 0 aliphatic heterocycles. The van der Waals surface area contributed by atoms with Crippen LogP contribution in [0.5, 0.6) is 0 Å². The Hall–Kier alpha value is -11.3. The van der Waals surface area contributed by atoms with Crippen LogP contribution in [-0.2, 0) is 57.2 Å². The zero-order valence-corrected chi connectivity index (χ0v) is 80.2. The van der Waals surface area contributed by atoms with Crippen LogP contribution in [0.1, 0.15) is 140 Å². The van der Waals surface area contributed by atoms with Gasteiger partial charge >= 0.3 is 29.8 Å². The predicted molar refractivity (Wildman–Crippen MR) is 508 cm³/mol. The number of carboxylic acid groups (broad SMARTS) is 1. The number of esters is 4. The highest BCUT2D eigenvalue weighted by atomic mass is 79.9. The van der Waals surface area contributed by atoms with Gasteiger partial charge in [-0.25, -0.2) is 29.3 Å². The number of allylic oxidation sites excluding steroid dienone is 2. The number of aliphatic carboxylic acids is 1. The number of fused-ring (bicyclic) bond motifs is 3. The number of hydrogen-bond donors (Lipinski definition) is 3. The highest BCUT2D eigenvalue weighted by Crippen LogP contribution is 2.47. The molecule has 15 rings (SSSR count). The van der Waals surface area contributed by atoms with Crippen molar-refractivity contribution < 1.29 is 62.3 Å². The molecule has 128 heavy (non-hydrogen) atoms. The first-order valence-electron chi connectivity index (χ1n) is 43.1. The van der Waals surface area contributed by atoms with Crippen molar-refractivity contribution in [3.63, 3.8) is 0 Å². The van der Waals surface area contributed by atoms with E-state index >= 15 is 0 Å². The van der Waals surface area contributed by atoms with Crippen molar-refractivity contribution >= 4 is 134 Å². The minimum atomic E-state index is -1.36. The first kappa shape index (κ1) is 94.3. The number of rotatable bonds is 28. The molecule has 3 aliphatic carbocycles. The van der Waals surface area contributed by atoms with Crippen molar-refractivity contribution in [2.24, 2.45) is 5.92 Å². The lowest BCUT2D eigenvalue weighted by Crippen LogP contribution is -2.34. The fourth-order valence-electron chi connectivity index (χ4n) is 15.9. The van der Waals surface area contributed by atoms with E-state index in [1.807, 2.05) is 151 Å². The fourth-order valence-corrected chi connectivity index (χ4v) is 19.4. The lowest BCUT2D eigenvalue weighted by atomic mass is 9.78. The van der Waals surface area contributed by atoms with Gasteiger partial charge in [-0.1, -0.05) is 148 Å². The van der Waals surface area contributed by atoms with Gasteiger partial charge in [0, 0.05) is 136 Å². The first-order chi connectivity index (χ1) is 61.4. The van der Waals surface area contributed by atoms with Gasteiger partial charge in [0.15, 0.2) is 22.8 Å². The van der Waals surface area contributed by atoms with Crippen molar-refractivity contribution in [1.82, 2.24) is 58.7 Å². The summed E-state index contributed by atoms with van der Waals surface area (Å²) in [5, 5.41) is 22.9. The first-order valence-corrected chi connectivity index (χ1v) is 52.9. The molecule has 0 atom stereocenters. The van der Waals surface area contributed by atoms with Gasteiger partial charge in [0.1, 0.15) is 25.1 Å². The quantitative estimate of drug-likeness (QED) is 0.00599. The number of carbonyl (C=O) groups is 6. The number of aromatic nitrogens is 12. The molecule has 33 heteroatoms. The van der Waals surface area contributed by atoms with E-state index in [4.69, 9.17) is 70.0 Å². The molecule has 9 heterocycles. The number of carbonyl (C=O) groups excluding carboxylic acids is 5. The van der Waals surface area contributed by atoms with Gasteiger partial charge in [-0.15, -0.1) is 0 Å². The molecule has 3 fully saturated rings. The maximum absolute atomic E-state index is 12.8. The van der Waals surface area contributed by atoms with Gasteiger partial charge in [-0.3, -0.25) is 29.3 Å². The van der Waals surface area contributed by atoms with E-state index in [-0.39, 0.29) is 42.5 Å². The topological polar surface area (TPSA) is 363 Å². The SMILES string of the molecule is CCOC(=O)C(OC(C)=O)=C1CCC(c2nc3c(-c4ccc(-c5ccccc5)nc4)cnn3c(N(COCC[Si](C)(C)C)COCC[Si](C)(C)C)c2Br)CC1.CCOC(=O)C(OC(C)=O)=C1CCC(c2nc3c(-c4ccc(-c5ccccc5)nc4)cnn3c(N)c2Br)CC1.Nc1c(Br)c(C2CCC(C(=O)C(=O)O)CC2)nc2c(-c3ccc(-c4ccccc4)nc3)cnn12. The van der Waals surface area contributed by atoms with Crippen molar-refractivity contribution in [3.05, 3.63) is 218 Å². The molecular weight excluding hydrogens is 1860 g/mol. The normalized spacial score (nSPS) is 15.9. The molecule has 0 bridgehead atoms. The van der Waals surface area contributed by atoms with Crippen molar-refractivity contribution in [1.29, 1.82) is 0 Å². The standard InChI is InChI=1S/C41H56BrN5O6Si2.C29H28BrN5O4.C25H22BrN5O3/c1-9-52-41(49)38(53-29(2)48)32-17-15-31(16-18-32)37-36(42)40(46(27-50-21-23-54(3,4)5)28-51-22-24-55(6,7)8)47-39(45-37)34(26-44-47)33-19-20-35(43-25-33)30-13-11-10-12-14-30;1-3-38-29(37)26(39-17(2)36)20-11-9-19(10-12-20)25-24(30)27(31)35-28(34-25)22(16-33-35)21-13-14-23(32-15-21)18-7-5-4-6-8-18;26-20-21(15-6-8-16(9-7-15)22(32)25(33)34)30-24-18(13-29-31(24)23(20)27)17-10-11-19(28-12-17)14-4-2-1-3-5-14/h10-14,19-20,25-26,31H,9,15-18,21-24,27-28H2,1-8H3;4-8,13-16,19H,3,9-12,31H2,1-2H3;1-5,10-13,15-16H,6-9,27H2,(H,33,34). The summed E-state index contributed by atoms with van der Waals surface area (Å²) in [6, 6.07) is 44.2. The Bertz CT molecular complexity index is 6020. The number of ether oxygens (including phenoxy) is 6. The van der Waals surface area contributed by atoms with Gasteiger partial charge in [0.25, 0.3) is 0 Å². The van der Waals surface area contributed by atoms with Crippen LogP contribution in [0, 0.1) is 5.92 Å². The second-order valence-electron chi connectivity index (χ2n) is 34.3. The summed E-state index contributed by atoms with van der Waals surface area (Å²) >= 11 is 11.2. The summed E-state index contributed by atoms with van der Waals surface area (Å²) in [5.74, 6) is -2.89. The van der Waals surface area contributed by atoms with E-state index in [1.54, 1.807) is 35.3 Å². The number of ketones is 1. The molecule has 12 aromatic rings. The Kier molecular flexibility index (Phi) is 31.5. The van der Waals surface area contributed by atoms with Crippen molar-refractivity contribution in [3.8, 4) is 67.2 Å².